The highest BCUT2D eigenvalue weighted by atomic mass is 35.5. The summed E-state index contributed by atoms with van der Waals surface area (Å²) in [4.78, 5) is 0. The molecule has 1 aliphatic rings. The second-order valence-electron chi connectivity index (χ2n) is 4.54. The van der Waals surface area contributed by atoms with Crippen LogP contribution in [0.3, 0.4) is 0 Å². The molecule has 1 fully saturated rings. The molecule has 0 aromatic carbocycles. The van der Waals surface area contributed by atoms with Crippen LogP contribution in [0.2, 0.25) is 8.67 Å². The first-order valence-electron chi connectivity index (χ1n) is 5.83. The predicted molar refractivity (Wildman–Crippen MR) is 80.8 cm³/mol. The van der Waals surface area contributed by atoms with E-state index in [4.69, 9.17) is 23.2 Å². The molecule has 0 saturated heterocycles. The van der Waals surface area contributed by atoms with Gasteiger partial charge in [0.25, 0.3) is 0 Å². The van der Waals surface area contributed by atoms with Crippen LogP contribution in [0.1, 0.15) is 37.8 Å². The van der Waals surface area contributed by atoms with Gasteiger partial charge in [-0.1, -0.05) is 23.2 Å². The van der Waals surface area contributed by atoms with E-state index in [0.29, 0.717) is 6.04 Å². The molecule has 1 saturated carbocycles. The van der Waals surface area contributed by atoms with Crippen LogP contribution in [0.15, 0.2) is 6.07 Å². The van der Waals surface area contributed by atoms with Crippen LogP contribution < -0.4 is 5.32 Å². The van der Waals surface area contributed by atoms with Crippen LogP contribution in [0, 0.1) is 0 Å². The van der Waals surface area contributed by atoms with Crippen LogP contribution in [0.25, 0.3) is 0 Å². The SMILES string of the molecule is CSC1CCC(NC(C)c2cc(Cl)sc2Cl)C1. The maximum absolute atomic E-state index is 6.17. The van der Waals surface area contributed by atoms with E-state index >= 15 is 0 Å². The lowest BCUT2D eigenvalue weighted by Crippen LogP contribution is -2.29. The van der Waals surface area contributed by atoms with E-state index in [1.54, 1.807) is 0 Å². The van der Waals surface area contributed by atoms with Crippen molar-refractivity contribution >= 4 is 46.3 Å². The highest BCUT2D eigenvalue weighted by molar-refractivity contribution is 7.99. The molecule has 0 aliphatic heterocycles. The first-order valence-corrected chi connectivity index (χ1v) is 8.69. The second kappa shape index (κ2) is 6.16. The van der Waals surface area contributed by atoms with Crippen molar-refractivity contribution in [2.45, 2.75) is 43.5 Å². The van der Waals surface area contributed by atoms with Crippen molar-refractivity contribution in [3.63, 3.8) is 0 Å². The van der Waals surface area contributed by atoms with Gasteiger partial charge in [-0.05, 0) is 44.1 Å². The topological polar surface area (TPSA) is 12.0 Å². The number of thiophene rings is 1. The zero-order valence-electron chi connectivity index (χ0n) is 10.0. The van der Waals surface area contributed by atoms with Gasteiger partial charge in [-0.25, -0.2) is 0 Å². The highest BCUT2D eigenvalue weighted by Crippen LogP contribution is 2.36. The molecular formula is C12H17Cl2NS2. The Morgan fingerprint density at radius 2 is 2.24 bits per heavy atom. The van der Waals surface area contributed by atoms with Gasteiger partial charge in [0, 0.05) is 17.3 Å². The van der Waals surface area contributed by atoms with Crippen LogP contribution in [0.5, 0.6) is 0 Å². The molecule has 2 rings (SSSR count). The number of hydrogen-bond donors (Lipinski definition) is 1. The number of rotatable bonds is 4. The van der Waals surface area contributed by atoms with E-state index in [1.165, 1.54) is 30.6 Å². The Balaban J connectivity index is 1.93. The van der Waals surface area contributed by atoms with Crippen molar-refractivity contribution in [2.24, 2.45) is 0 Å². The Bertz CT molecular complexity index is 381. The van der Waals surface area contributed by atoms with Gasteiger partial charge in [0.05, 0.1) is 8.67 Å². The zero-order valence-corrected chi connectivity index (χ0v) is 13.1. The Labute approximate surface area is 121 Å². The Kier molecular flexibility index (Phi) is 5.07. The fourth-order valence-corrected chi connectivity index (χ4v) is 4.84. The van der Waals surface area contributed by atoms with E-state index in [2.05, 4.69) is 18.5 Å². The molecule has 1 aromatic heterocycles. The van der Waals surface area contributed by atoms with Gasteiger partial charge in [0.2, 0.25) is 0 Å². The van der Waals surface area contributed by atoms with Gasteiger partial charge < -0.3 is 5.32 Å². The molecule has 17 heavy (non-hydrogen) atoms. The van der Waals surface area contributed by atoms with Gasteiger partial charge in [-0.2, -0.15) is 11.8 Å². The van der Waals surface area contributed by atoms with E-state index < -0.39 is 0 Å². The zero-order chi connectivity index (χ0) is 12.4. The van der Waals surface area contributed by atoms with Crippen molar-refractivity contribution in [3.8, 4) is 0 Å². The van der Waals surface area contributed by atoms with Gasteiger partial charge in [-0.3, -0.25) is 0 Å². The van der Waals surface area contributed by atoms with Crippen LogP contribution in [-0.2, 0) is 0 Å². The van der Waals surface area contributed by atoms with Gasteiger partial charge in [0.1, 0.15) is 0 Å². The lowest BCUT2D eigenvalue weighted by molar-refractivity contribution is 0.463. The molecule has 0 amide bonds. The van der Waals surface area contributed by atoms with Gasteiger partial charge >= 0.3 is 0 Å². The van der Waals surface area contributed by atoms with E-state index in [1.807, 2.05) is 17.8 Å². The summed E-state index contributed by atoms with van der Waals surface area (Å²) < 4.78 is 1.58. The quantitative estimate of drug-likeness (QED) is 0.841. The molecule has 0 radical (unpaired) electrons. The molecule has 3 atom stereocenters. The monoisotopic (exact) mass is 309 g/mol. The predicted octanol–water partition coefficient (Wildman–Crippen LogP) is 4.99. The summed E-state index contributed by atoms with van der Waals surface area (Å²) in [5.74, 6) is 0. The number of halogens is 2. The molecule has 0 bridgehead atoms. The lowest BCUT2D eigenvalue weighted by atomic mass is 10.1. The van der Waals surface area contributed by atoms with Crippen LogP contribution >= 0.6 is 46.3 Å². The fourth-order valence-electron chi connectivity index (χ4n) is 2.40. The van der Waals surface area contributed by atoms with Crippen molar-refractivity contribution in [1.29, 1.82) is 0 Å². The summed E-state index contributed by atoms with van der Waals surface area (Å²) in [5.41, 5.74) is 1.13. The van der Waals surface area contributed by atoms with Crippen molar-refractivity contribution in [3.05, 3.63) is 20.3 Å². The molecule has 96 valence electrons. The van der Waals surface area contributed by atoms with Crippen molar-refractivity contribution in [1.82, 2.24) is 5.32 Å². The summed E-state index contributed by atoms with van der Waals surface area (Å²) in [6.07, 6.45) is 6.06. The summed E-state index contributed by atoms with van der Waals surface area (Å²) in [6.45, 7) is 2.16. The molecule has 1 heterocycles. The fraction of sp³-hybridized carbons (Fsp3) is 0.667. The molecule has 1 N–H and O–H groups in total. The molecule has 1 nitrogen and oxygen atoms in total. The molecule has 1 aromatic rings. The summed E-state index contributed by atoms with van der Waals surface area (Å²) >= 11 is 15.6. The third-order valence-corrected chi connectivity index (χ3v) is 5.97. The second-order valence-corrected chi connectivity index (χ2v) is 7.96. The third-order valence-electron chi connectivity index (χ3n) is 3.35. The minimum atomic E-state index is 0.289. The maximum Gasteiger partial charge on any atom is 0.0991 e. The average molecular weight is 310 g/mol. The number of thioether (sulfide) groups is 1. The number of nitrogens with one attached hydrogen (secondary N) is 1. The Hall–Kier alpha value is 0.590. The standard InChI is InChI=1S/C12H17Cl2NS2/c1-7(10-6-11(13)17-12(10)14)15-8-3-4-9(5-8)16-2/h6-9,15H,3-5H2,1-2H3. The van der Waals surface area contributed by atoms with Crippen molar-refractivity contribution < 1.29 is 0 Å². The van der Waals surface area contributed by atoms with E-state index in [0.717, 1.165) is 19.5 Å². The number of hydrogen-bond acceptors (Lipinski definition) is 3. The van der Waals surface area contributed by atoms with E-state index in [9.17, 15) is 0 Å². The van der Waals surface area contributed by atoms with Gasteiger partial charge in [0.15, 0.2) is 0 Å². The third kappa shape index (κ3) is 3.54. The maximum atomic E-state index is 6.17. The molecule has 0 spiro atoms. The van der Waals surface area contributed by atoms with Crippen LogP contribution in [0.4, 0.5) is 0 Å². The molecular weight excluding hydrogens is 293 g/mol. The first-order chi connectivity index (χ1) is 8.10. The smallest absolute Gasteiger partial charge is 0.0991 e. The lowest BCUT2D eigenvalue weighted by Gasteiger charge is -2.19. The highest BCUT2D eigenvalue weighted by Gasteiger charge is 2.25. The Morgan fingerprint density at radius 3 is 2.76 bits per heavy atom. The largest absolute Gasteiger partial charge is 0.307 e. The van der Waals surface area contributed by atoms with Crippen LogP contribution in [-0.4, -0.2) is 17.5 Å². The van der Waals surface area contributed by atoms with E-state index in [-0.39, 0.29) is 6.04 Å². The first kappa shape index (κ1) is 14.0. The minimum absolute atomic E-state index is 0.289. The minimum Gasteiger partial charge on any atom is -0.307 e. The molecule has 1 aliphatic carbocycles. The molecule has 3 unspecified atom stereocenters. The Morgan fingerprint density at radius 1 is 1.47 bits per heavy atom. The molecule has 5 heteroatoms. The van der Waals surface area contributed by atoms with Gasteiger partial charge in [-0.15, -0.1) is 11.3 Å². The summed E-state index contributed by atoms with van der Waals surface area (Å²) in [7, 11) is 0. The summed E-state index contributed by atoms with van der Waals surface area (Å²) in [6, 6.07) is 2.89. The average Bonchev–Trinajstić information content (AvgIpc) is 2.85. The summed E-state index contributed by atoms with van der Waals surface area (Å²) in [5, 5.41) is 4.48. The normalized spacial score (nSPS) is 26.4. The van der Waals surface area contributed by atoms with Crippen molar-refractivity contribution in [2.75, 3.05) is 6.26 Å².